The average Bonchev–Trinajstić information content (AvgIpc) is 2.84. The second-order valence-electron chi connectivity index (χ2n) is 6.77. The van der Waals surface area contributed by atoms with Gasteiger partial charge >= 0.3 is 6.03 Å². The Bertz CT molecular complexity index is 822. The molecule has 3 amide bonds. The quantitative estimate of drug-likeness (QED) is 0.687. The summed E-state index contributed by atoms with van der Waals surface area (Å²) in [5.41, 5.74) is 1.85. The van der Waals surface area contributed by atoms with Gasteiger partial charge in [-0.25, -0.2) is 4.79 Å². The van der Waals surface area contributed by atoms with Crippen molar-refractivity contribution in [2.75, 3.05) is 23.7 Å². The van der Waals surface area contributed by atoms with Crippen molar-refractivity contribution in [1.82, 2.24) is 4.90 Å². The smallest absolute Gasteiger partial charge is 0.321 e. The van der Waals surface area contributed by atoms with Crippen molar-refractivity contribution in [2.45, 2.75) is 39.5 Å². The second kappa shape index (κ2) is 8.61. The summed E-state index contributed by atoms with van der Waals surface area (Å²) in [7, 11) is 0. The molecule has 0 radical (unpaired) electrons. The minimum Gasteiger partial charge on any atom is -0.465 e. The lowest BCUT2D eigenvalue weighted by Crippen LogP contribution is -2.35. The van der Waals surface area contributed by atoms with E-state index in [1.54, 1.807) is 38.1 Å². The van der Waals surface area contributed by atoms with Crippen LogP contribution in [-0.4, -0.2) is 29.9 Å². The fourth-order valence-corrected chi connectivity index (χ4v) is 3.76. The van der Waals surface area contributed by atoms with Gasteiger partial charge in [-0.05, 0) is 66.9 Å². The van der Waals surface area contributed by atoms with Gasteiger partial charge in [-0.15, -0.1) is 0 Å². The fourth-order valence-electron chi connectivity index (χ4n) is 3.22. The van der Waals surface area contributed by atoms with Gasteiger partial charge in [-0.2, -0.15) is 0 Å². The minimum atomic E-state index is -0.238. The number of carbonyl (C=O) groups is 2. The van der Waals surface area contributed by atoms with Gasteiger partial charge in [0, 0.05) is 24.5 Å². The molecule has 3 rings (SSSR count). The van der Waals surface area contributed by atoms with E-state index in [1.807, 2.05) is 4.90 Å². The predicted molar refractivity (Wildman–Crippen MR) is 109 cm³/mol. The Morgan fingerprint density at radius 3 is 2.00 bits per heavy atom. The molecule has 2 heterocycles. The number of anilines is 2. The largest absolute Gasteiger partial charge is 0.465 e. The fraction of sp³-hybridized carbons (Fsp3) is 0.400. The number of likely N-dealkylation sites (tertiary alicyclic amines) is 1. The first-order valence-corrected chi connectivity index (χ1v) is 9.98. The molecule has 0 atom stereocenters. The molecule has 0 saturated carbocycles. The molecule has 2 N–H and O–H groups in total. The number of carbonyl (C=O) groups excluding carboxylic acids is 2. The van der Waals surface area contributed by atoms with Gasteiger partial charge in [-0.1, -0.05) is 12.8 Å². The van der Waals surface area contributed by atoms with Crippen molar-refractivity contribution < 1.29 is 14.0 Å². The molecule has 1 aliphatic rings. The van der Waals surface area contributed by atoms with E-state index in [-0.39, 0.29) is 11.9 Å². The average molecular weight is 434 g/mol. The van der Waals surface area contributed by atoms with Gasteiger partial charge < -0.3 is 20.0 Å². The van der Waals surface area contributed by atoms with Crippen molar-refractivity contribution in [3.63, 3.8) is 0 Å². The zero-order valence-corrected chi connectivity index (χ0v) is 17.2. The molecule has 0 unspecified atom stereocenters. The Morgan fingerprint density at radius 1 is 0.926 bits per heavy atom. The van der Waals surface area contributed by atoms with E-state index in [9.17, 15) is 9.59 Å². The molecule has 2 aromatic rings. The number of aryl methyl sites for hydroxylation is 2. The maximum Gasteiger partial charge on any atom is 0.321 e. The highest BCUT2D eigenvalue weighted by molar-refractivity contribution is 9.10. The van der Waals surface area contributed by atoms with Crippen molar-refractivity contribution in [1.29, 1.82) is 0 Å². The SMILES string of the molecule is Cc1oc(C)c(C(=O)Nc2ccc(NC(=O)N3CCCCCC3)cc2)c1Br. The molecule has 0 spiro atoms. The summed E-state index contributed by atoms with van der Waals surface area (Å²) < 4.78 is 6.14. The number of nitrogens with one attached hydrogen (secondary N) is 2. The van der Waals surface area contributed by atoms with E-state index in [0.29, 0.717) is 32.9 Å². The van der Waals surface area contributed by atoms with Gasteiger partial charge in [0.25, 0.3) is 5.91 Å². The van der Waals surface area contributed by atoms with Gasteiger partial charge in [0.05, 0.1) is 10.0 Å². The first kappa shape index (κ1) is 19.5. The highest BCUT2D eigenvalue weighted by Crippen LogP contribution is 2.28. The Balaban J connectivity index is 1.61. The molecular weight excluding hydrogens is 410 g/mol. The molecule has 1 fully saturated rings. The number of urea groups is 1. The van der Waals surface area contributed by atoms with Gasteiger partial charge in [-0.3, -0.25) is 4.79 Å². The van der Waals surface area contributed by atoms with Gasteiger partial charge in [0.15, 0.2) is 0 Å². The monoisotopic (exact) mass is 433 g/mol. The highest BCUT2D eigenvalue weighted by atomic mass is 79.9. The first-order valence-electron chi connectivity index (χ1n) is 9.18. The van der Waals surface area contributed by atoms with E-state index < -0.39 is 0 Å². The summed E-state index contributed by atoms with van der Waals surface area (Å²) in [6.45, 7) is 5.17. The van der Waals surface area contributed by atoms with E-state index >= 15 is 0 Å². The zero-order chi connectivity index (χ0) is 19.4. The first-order chi connectivity index (χ1) is 13.0. The van der Waals surface area contributed by atoms with Crippen LogP contribution < -0.4 is 10.6 Å². The number of furan rings is 1. The molecule has 7 heteroatoms. The summed E-state index contributed by atoms with van der Waals surface area (Å²) >= 11 is 3.39. The van der Waals surface area contributed by atoms with Crippen LogP contribution in [0.1, 0.15) is 47.6 Å². The van der Waals surface area contributed by atoms with Crippen LogP contribution >= 0.6 is 15.9 Å². The van der Waals surface area contributed by atoms with Crippen LogP contribution in [0.25, 0.3) is 0 Å². The number of halogens is 1. The number of amides is 3. The van der Waals surface area contributed by atoms with Crippen molar-refractivity contribution >= 4 is 39.2 Å². The van der Waals surface area contributed by atoms with Crippen LogP contribution in [0.4, 0.5) is 16.2 Å². The highest BCUT2D eigenvalue weighted by Gasteiger charge is 2.20. The molecular formula is C20H24BrN3O3. The zero-order valence-electron chi connectivity index (χ0n) is 15.6. The third-order valence-electron chi connectivity index (χ3n) is 4.70. The lowest BCUT2D eigenvalue weighted by molar-refractivity contribution is 0.102. The van der Waals surface area contributed by atoms with Crippen LogP contribution in [-0.2, 0) is 0 Å². The van der Waals surface area contributed by atoms with Crippen LogP contribution in [0.2, 0.25) is 0 Å². The van der Waals surface area contributed by atoms with Gasteiger partial charge in [0.2, 0.25) is 0 Å². The standard InChI is InChI=1S/C20H24BrN3O3/c1-13-17(18(21)14(2)27-13)19(25)22-15-7-9-16(10-8-15)23-20(26)24-11-5-3-4-6-12-24/h7-10H,3-6,11-12H2,1-2H3,(H,22,25)(H,23,26). The predicted octanol–water partition coefficient (Wildman–Crippen LogP) is 5.32. The Kier molecular flexibility index (Phi) is 6.21. The second-order valence-corrected chi connectivity index (χ2v) is 7.56. The van der Waals surface area contributed by atoms with Crippen LogP contribution in [0.5, 0.6) is 0 Å². The summed E-state index contributed by atoms with van der Waals surface area (Å²) in [4.78, 5) is 26.7. The van der Waals surface area contributed by atoms with Crippen molar-refractivity contribution in [3.05, 3.63) is 45.8 Å². The molecule has 0 bridgehead atoms. The van der Waals surface area contributed by atoms with Crippen LogP contribution in [0, 0.1) is 13.8 Å². The third-order valence-corrected chi connectivity index (χ3v) is 5.66. The Hall–Kier alpha value is -2.28. The molecule has 144 valence electrons. The number of benzene rings is 1. The summed E-state index contributed by atoms with van der Waals surface area (Å²) in [5, 5.41) is 5.78. The normalized spacial score (nSPS) is 14.6. The molecule has 27 heavy (non-hydrogen) atoms. The molecule has 1 aliphatic heterocycles. The summed E-state index contributed by atoms with van der Waals surface area (Å²) in [6, 6.07) is 7.04. The molecule has 6 nitrogen and oxygen atoms in total. The topological polar surface area (TPSA) is 74.6 Å². The maximum absolute atomic E-state index is 12.5. The third kappa shape index (κ3) is 4.71. The van der Waals surface area contributed by atoms with E-state index in [0.717, 1.165) is 25.9 Å². The summed E-state index contributed by atoms with van der Waals surface area (Å²) in [5.74, 6) is 1.00. The van der Waals surface area contributed by atoms with Crippen LogP contribution in [0.15, 0.2) is 33.2 Å². The Morgan fingerprint density at radius 2 is 1.48 bits per heavy atom. The van der Waals surface area contributed by atoms with E-state index in [4.69, 9.17) is 4.42 Å². The lowest BCUT2D eigenvalue weighted by atomic mass is 10.2. The molecule has 1 aromatic heterocycles. The van der Waals surface area contributed by atoms with E-state index in [1.165, 1.54) is 12.8 Å². The number of nitrogens with zero attached hydrogens (tertiary/aromatic N) is 1. The molecule has 1 saturated heterocycles. The van der Waals surface area contributed by atoms with Crippen molar-refractivity contribution in [3.8, 4) is 0 Å². The molecule has 1 aromatic carbocycles. The van der Waals surface area contributed by atoms with Crippen LogP contribution in [0.3, 0.4) is 0 Å². The minimum absolute atomic E-state index is 0.0675. The van der Waals surface area contributed by atoms with Gasteiger partial charge in [0.1, 0.15) is 11.5 Å². The number of rotatable bonds is 3. The number of hydrogen-bond donors (Lipinski definition) is 2. The molecule has 0 aliphatic carbocycles. The number of hydrogen-bond acceptors (Lipinski definition) is 3. The van der Waals surface area contributed by atoms with E-state index in [2.05, 4.69) is 26.6 Å². The lowest BCUT2D eigenvalue weighted by Gasteiger charge is -2.20. The van der Waals surface area contributed by atoms with Crippen molar-refractivity contribution in [2.24, 2.45) is 0 Å². The maximum atomic E-state index is 12.5. The summed E-state index contributed by atoms with van der Waals surface area (Å²) in [6.07, 6.45) is 4.48. The Labute approximate surface area is 167 Å².